The van der Waals surface area contributed by atoms with Gasteiger partial charge in [0, 0.05) is 18.3 Å². The number of Topliss-reactive ketones (excluding diaryl/α,β-unsaturated/α-hetero) is 1. The zero-order valence-electron chi connectivity index (χ0n) is 17.3. The zero-order valence-corrected chi connectivity index (χ0v) is 17.3. The third-order valence-corrected chi connectivity index (χ3v) is 7.61. The summed E-state index contributed by atoms with van der Waals surface area (Å²) in [6.45, 7) is 1.68. The SMILES string of the molecule is C[C@H](OC(=O)c1cccc(N2C(=O)CCC2=O)c1)C(=O)C12CC3CC(CC(C3)C1)C2. The average Bonchev–Trinajstić information content (AvgIpc) is 3.04. The molecular formula is C24H27NO5. The van der Waals surface area contributed by atoms with Gasteiger partial charge in [-0.3, -0.25) is 19.3 Å². The smallest absolute Gasteiger partial charge is 0.338 e. The maximum atomic E-state index is 13.4. The molecule has 6 nitrogen and oxygen atoms in total. The van der Waals surface area contributed by atoms with E-state index in [-0.39, 0.29) is 41.4 Å². The lowest BCUT2D eigenvalue weighted by atomic mass is 9.48. The van der Waals surface area contributed by atoms with Gasteiger partial charge in [-0.1, -0.05) is 6.07 Å². The minimum absolute atomic E-state index is 0.0657. The lowest BCUT2D eigenvalue weighted by Gasteiger charge is -2.56. The molecule has 4 bridgehead atoms. The van der Waals surface area contributed by atoms with Crippen LogP contribution in [0.15, 0.2) is 24.3 Å². The van der Waals surface area contributed by atoms with Crippen molar-refractivity contribution in [2.24, 2.45) is 23.2 Å². The fraction of sp³-hybridized carbons (Fsp3) is 0.583. The Balaban J connectivity index is 1.30. The van der Waals surface area contributed by atoms with Gasteiger partial charge in [-0.15, -0.1) is 0 Å². The molecular weight excluding hydrogens is 382 g/mol. The van der Waals surface area contributed by atoms with Gasteiger partial charge >= 0.3 is 5.97 Å². The van der Waals surface area contributed by atoms with E-state index >= 15 is 0 Å². The number of carbonyl (C=O) groups is 4. The summed E-state index contributed by atoms with van der Waals surface area (Å²) in [5.74, 6) is 0.880. The molecule has 1 heterocycles. The van der Waals surface area contributed by atoms with Gasteiger partial charge in [0.15, 0.2) is 11.9 Å². The summed E-state index contributed by atoms with van der Waals surface area (Å²) in [5, 5.41) is 0. The third kappa shape index (κ3) is 3.17. The fourth-order valence-electron chi connectivity index (χ4n) is 6.76. The molecule has 5 aliphatic rings. The van der Waals surface area contributed by atoms with Crippen LogP contribution in [0.25, 0.3) is 0 Å². The molecule has 30 heavy (non-hydrogen) atoms. The van der Waals surface area contributed by atoms with Gasteiger partial charge < -0.3 is 4.74 Å². The molecule has 1 aromatic rings. The number of ether oxygens (including phenoxy) is 1. The summed E-state index contributed by atoms with van der Waals surface area (Å²) < 4.78 is 5.58. The summed E-state index contributed by atoms with van der Waals surface area (Å²) >= 11 is 0. The van der Waals surface area contributed by atoms with E-state index in [1.807, 2.05) is 0 Å². The van der Waals surface area contributed by atoms with Crippen molar-refractivity contribution >= 4 is 29.3 Å². The number of carbonyl (C=O) groups excluding carboxylic acids is 4. The first-order valence-electron chi connectivity index (χ1n) is 11.1. The number of nitrogens with zero attached hydrogens (tertiary/aromatic N) is 1. The number of hydrogen-bond acceptors (Lipinski definition) is 5. The summed E-state index contributed by atoms with van der Waals surface area (Å²) in [6, 6.07) is 6.32. The number of ketones is 1. The van der Waals surface area contributed by atoms with Gasteiger partial charge in [-0.05, 0) is 81.4 Å². The molecule has 0 spiro atoms. The van der Waals surface area contributed by atoms with E-state index in [1.54, 1.807) is 25.1 Å². The van der Waals surface area contributed by atoms with Crippen LogP contribution in [0.5, 0.6) is 0 Å². The first-order chi connectivity index (χ1) is 14.3. The van der Waals surface area contributed by atoms with Crippen LogP contribution < -0.4 is 4.90 Å². The number of anilines is 1. The maximum Gasteiger partial charge on any atom is 0.338 e. The standard InChI is InChI=1S/C24H27NO5/c1-14(22(28)24-11-15-7-16(12-24)9-17(8-15)13-24)30-23(29)18-3-2-4-19(10-18)25-20(26)5-6-21(25)27/h2-4,10,14-17H,5-9,11-13H2,1H3/t14-,15?,16?,17?,24?/m0/s1. The van der Waals surface area contributed by atoms with Crippen molar-refractivity contribution in [2.45, 2.75) is 64.4 Å². The molecule has 0 N–H and O–H groups in total. The Kier molecular flexibility index (Phi) is 4.56. The highest BCUT2D eigenvalue weighted by molar-refractivity contribution is 6.20. The molecule has 1 atom stereocenters. The Labute approximate surface area is 175 Å². The molecule has 6 heteroatoms. The summed E-state index contributed by atoms with van der Waals surface area (Å²) in [5.41, 5.74) is 0.298. The van der Waals surface area contributed by atoms with Crippen LogP contribution in [0.3, 0.4) is 0 Å². The van der Waals surface area contributed by atoms with Crippen molar-refractivity contribution < 1.29 is 23.9 Å². The molecule has 0 unspecified atom stereocenters. The molecule has 1 saturated heterocycles. The van der Waals surface area contributed by atoms with Crippen LogP contribution in [0, 0.1) is 23.2 Å². The number of hydrogen-bond donors (Lipinski definition) is 0. The van der Waals surface area contributed by atoms with Crippen LogP contribution in [-0.2, 0) is 19.1 Å². The van der Waals surface area contributed by atoms with Crippen molar-refractivity contribution in [1.82, 2.24) is 0 Å². The summed E-state index contributed by atoms with van der Waals surface area (Å²) in [4.78, 5) is 51.2. The molecule has 2 amide bonds. The third-order valence-electron chi connectivity index (χ3n) is 7.61. The van der Waals surface area contributed by atoms with Gasteiger partial charge in [-0.2, -0.15) is 0 Å². The maximum absolute atomic E-state index is 13.4. The Hall–Kier alpha value is -2.50. The molecule has 4 saturated carbocycles. The van der Waals surface area contributed by atoms with Crippen molar-refractivity contribution in [2.75, 3.05) is 4.90 Å². The number of benzene rings is 1. The van der Waals surface area contributed by atoms with Crippen LogP contribution in [0.4, 0.5) is 5.69 Å². The molecule has 5 fully saturated rings. The quantitative estimate of drug-likeness (QED) is 0.548. The highest BCUT2D eigenvalue weighted by atomic mass is 16.5. The van der Waals surface area contributed by atoms with Crippen LogP contribution in [0.1, 0.15) is 68.6 Å². The second kappa shape index (κ2) is 7.03. The topological polar surface area (TPSA) is 80.8 Å². The van der Waals surface area contributed by atoms with Gasteiger partial charge in [0.25, 0.3) is 0 Å². The highest BCUT2D eigenvalue weighted by Crippen LogP contribution is 2.60. The van der Waals surface area contributed by atoms with Crippen molar-refractivity contribution in [1.29, 1.82) is 0 Å². The first-order valence-corrected chi connectivity index (χ1v) is 11.1. The minimum atomic E-state index is -0.799. The van der Waals surface area contributed by atoms with Crippen molar-refractivity contribution in [3.63, 3.8) is 0 Å². The van der Waals surface area contributed by atoms with E-state index in [0.717, 1.165) is 24.2 Å². The van der Waals surface area contributed by atoms with E-state index in [1.165, 1.54) is 25.3 Å². The molecule has 0 radical (unpaired) electrons. The molecule has 4 aliphatic carbocycles. The highest BCUT2D eigenvalue weighted by Gasteiger charge is 2.55. The second-order valence-corrected chi connectivity index (χ2v) is 9.78. The fourth-order valence-corrected chi connectivity index (χ4v) is 6.76. The minimum Gasteiger partial charge on any atom is -0.451 e. The summed E-state index contributed by atoms with van der Waals surface area (Å²) in [6.07, 6.45) is 6.14. The van der Waals surface area contributed by atoms with Crippen molar-refractivity contribution in [3.8, 4) is 0 Å². The van der Waals surface area contributed by atoms with Crippen LogP contribution >= 0.6 is 0 Å². The zero-order chi connectivity index (χ0) is 21.0. The summed E-state index contributed by atoms with van der Waals surface area (Å²) in [7, 11) is 0. The predicted molar refractivity (Wildman–Crippen MR) is 109 cm³/mol. The molecule has 0 aromatic heterocycles. The second-order valence-electron chi connectivity index (χ2n) is 9.78. The van der Waals surface area contributed by atoms with E-state index in [2.05, 4.69) is 0 Å². The number of amides is 2. The lowest BCUT2D eigenvalue weighted by Crippen LogP contribution is -2.52. The number of imide groups is 1. The monoisotopic (exact) mass is 409 g/mol. The van der Waals surface area contributed by atoms with Gasteiger partial charge in [-0.25, -0.2) is 4.79 Å². The number of rotatable bonds is 5. The van der Waals surface area contributed by atoms with Gasteiger partial charge in [0.1, 0.15) is 0 Å². The Morgan fingerprint density at radius 1 is 1.00 bits per heavy atom. The molecule has 158 valence electrons. The van der Waals surface area contributed by atoms with E-state index in [4.69, 9.17) is 4.74 Å². The average molecular weight is 409 g/mol. The van der Waals surface area contributed by atoms with Crippen LogP contribution in [0.2, 0.25) is 0 Å². The van der Waals surface area contributed by atoms with Crippen LogP contribution in [-0.4, -0.2) is 29.7 Å². The Morgan fingerprint density at radius 3 is 2.13 bits per heavy atom. The Morgan fingerprint density at radius 2 is 1.57 bits per heavy atom. The molecule has 1 aliphatic heterocycles. The first kappa shape index (κ1) is 19.5. The molecule has 6 rings (SSSR count). The van der Waals surface area contributed by atoms with E-state index < -0.39 is 12.1 Å². The molecule has 1 aromatic carbocycles. The largest absolute Gasteiger partial charge is 0.451 e. The van der Waals surface area contributed by atoms with Crippen molar-refractivity contribution in [3.05, 3.63) is 29.8 Å². The van der Waals surface area contributed by atoms with Gasteiger partial charge in [0.05, 0.1) is 11.3 Å². The Bertz CT molecular complexity index is 884. The van der Waals surface area contributed by atoms with E-state index in [9.17, 15) is 19.2 Å². The van der Waals surface area contributed by atoms with Gasteiger partial charge in [0.2, 0.25) is 11.8 Å². The lowest BCUT2D eigenvalue weighted by molar-refractivity contribution is -0.152. The predicted octanol–water partition coefficient (Wildman–Crippen LogP) is 3.67. The van der Waals surface area contributed by atoms with E-state index in [0.29, 0.717) is 23.4 Å². The normalized spacial score (nSPS) is 33.1. The number of esters is 1.